The zero-order valence-corrected chi connectivity index (χ0v) is 12.2. The lowest BCUT2D eigenvalue weighted by molar-refractivity contribution is -0.384. The molecular formula is C15H11N3O3S. The number of carbonyl (C=O) groups excluding carboxylic acids is 1. The van der Waals surface area contributed by atoms with Gasteiger partial charge in [0.05, 0.1) is 11.0 Å². The molecule has 1 amide bonds. The quantitative estimate of drug-likeness (QED) is 0.672. The van der Waals surface area contributed by atoms with Gasteiger partial charge in [-0.05, 0) is 36.4 Å². The Hall–Kier alpha value is -2.85. The number of amides is 1. The third-order valence-electron chi connectivity index (χ3n) is 2.66. The predicted octanol–water partition coefficient (Wildman–Crippen LogP) is 3.60. The molecule has 0 unspecified atom stereocenters. The summed E-state index contributed by atoms with van der Waals surface area (Å²) in [4.78, 5) is 23.2. The zero-order valence-electron chi connectivity index (χ0n) is 11.4. The summed E-state index contributed by atoms with van der Waals surface area (Å²) in [5, 5.41) is 21.6. The largest absolute Gasteiger partial charge is 0.325 e. The van der Waals surface area contributed by atoms with Gasteiger partial charge in [0.25, 0.3) is 5.69 Å². The highest BCUT2D eigenvalue weighted by Crippen LogP contribution is 2.29. The number of nitrogens with zero attached hydrogens (tertiary/aromatic N) is 2. The number of nitriles is 1. The number of benzene rings is 2. The molecule has 0 radical (unpaired) electrons. The number of hydrogen-bond donors (Lipinski definition) is 1. The van der Waals surface area contributed by atoms with Crippen molar-refractivity contribution < 1.29 is 9.72 Å². The van der Waals surface area contributed by atoms with E-state index in [1.807, 2.05) is 12.1 Å². The van der Waals surface area contributed by atoms with Crippen LogP contribution in [0.15, 0.2) is 58.3 Å². The van der Waals surface area contributed by atoms with Crippen LogP contribution < -0.4 is 5.32 Å². The van der Waals surface area contributed by atoms with E-state index < -0.39 is 4.92 Å². The lowest BCUT2D eigenvalue weighted by Gasteiger charge is -2.05. The molecule has 0 saturated carbocycles. The molecule has 0 aromatic heterocycles. The van der Waals surface area contributed by atoms with Crippen LogP contribution in [0.3, 0.4) is 0 Å². The molecule has 7 heteroatoms. The van der Waals surface area contributed by atoms with E-state index in [2.05, 4.69) is 5.32 Å². The van der Waals surface area contributed by atoms with Crippen molar-refractivity contribution in [2.24, 2.45) is 0 Å². The summed E-state index contributed by atoms with van der Waals surface area (Å²) in [5.41, 5.74) is 0.674. The number of rotatable bonds is 5. The molecule has 6 nitrogen and oxygen atoms in total. The lowest BCUT2D eigenvalue weighted by atomic mass is 10.3. The minimum absolute atomic E-state index is 0.0555. The van der Waals surface area contributed by atoms with Crippen molar-refractivity contribution >= 4 is 29.0 Å². The van der Waals surface area contributed by atoms with E-state index in [0.717, 1.165) is 9.79 Å². The Morgan fingerprint density at radius 3 is 2.18 bits per heavy atom. The minimum Gasteiger partial charge on any atom is -0.325 e. The van der Waals surface area contributed by atoms with Gasteiger partial charge in [-0.2, -0.15) is 5.26 Å². The van der Waals surface area contributed by atoms with Crippen molar-refractivity contribution in [3.05, 3.63) is 58.6 Å². The number of nitrogens with one attached hydrogen (secondary N) is 1. The number of nitro benzene ring substituents is 1. The number of non-ortho nitro benzene ring substituents is 1. The first kappa shape index (κ1) is 15.5. The summed E-state index contributed by atoms with van der Waals surface area (Å²) in [7, 11) is 0. The average molecular weight is 313 g/mol. The van der Waals surface area contributed by atoms with Crippen LogP contribution in [0.4, 0.5) is 11.4 Å². The van der Waals surface area contributed by atoms with E-state index in [-0.39, 0.29) is 18.0 Å². The third-order valence-corrected chi connectivity index (χ3v) is 3.68. The van der Waals surface area contributed by atoms with Gasteiger partial charge in [0.1, 0.15) is 6.42 Å². The molecule has 0 atom stereocenters. The molecule has 110 valence electrons. The van der Waals surface area contributed by atoms with Crippen LogP contribution >= 0.6 is 11.8 Å². The summed E-state index contributed by atoms with van der Waals surface area (Å²) >= 11 is 1.46. The van der Waals surface area contributed by atoms with Gasteiger partial charge in [-0.25, -0.2) is 0 Å². The third kappa shape index (κ3) is 4.33. The fourth-order valence-corrected chi connectivity index (χ4v) is 2.47. The smallest absolute Gasteiger partial charge is 0.269 e. The summed E-state index contributed by atoms with van der Waals surface area (Å²) in [5.74, 6) is -0.349. The van der Waals surface area contributed by atoms with Crippen molar-refractivity contribution in [3.8, 4) is 6.07 Å². The van der Waals surface area contributed by atoms with E-state index in [1.54, 1.807) is 30.3 Å². The molecule has 2 aromatic rings. The van der Waals surface area contributed by atoms with Gasteiger partial charge in [0.2, 0.25) is 5.91 Å². The van der Waals surface area contributed by atoms with Crippen molar-refractivity contribution in [1.29, 1.82) is 5.26 Å². The number of hydrogen-bond acceptors (Lipinski definition) is 5. The molecule has 0 aliphatic rings. The summed E-state index contributed by atoms with van der Waals surface area (Å²) in [6, 6.07) is 15.2. The second-order valence-corrected chi connectivity index (χ2v) is 5.41. The molecule has 0 bridgehead atoms. The standard InChI is InChI=1S/C15H11N3O3S/c16-10-9-15(19)17-11-1-5-13(6-2-11)22-14-7-3-12(4-8-14)18(20)21/h1-8H,9H2,(H,17,19). The van der Waals surface area contributed by atoms with Gasteiger partial charge in [0, 0.05) is 27.6 Å². The molecule has 1 N–H and O–H groups in total. The van der Waals surface area contributed by atoms with Crippen LogP contribution in [0.1, 0.15) is 6.42 Å². The van der Waals surface area contributed by atoms with E-state index in [0.29, 0.717) is 5.69 Å². The zero-order chi connectivity index (χ0) is 15.9. The summed E-state index contributed by atoms with van der Waals surface area (Å²) in [6.45, 7) is 0. The molecule has 0 aliphatic heterocycles. The van der Waals surface area contributed by atoms with Gasteiger partial charge in [-0.1, -0.05) is 11.8 Å². The Bertz CT molecular complexity index is 721. The first-order valence-corrected chi connectivity index (χ1v) is 7.09. The fourth-order valence-electron chi connectivity index (χ4n) is 1.66. The van der Waals surface area contributed by atoms with Gasteiger partial charge < -0.3 is 5.32 Å². The lowest BCUT2D eigenvalue weighted by Crippen LogP contribution is -2.09. The summed E-state index contributed by atoms with van der Waals surface area (Å²) < 4.78 is 0. The second-order valence-electron chi connectivity index (χ2n) is 4.26. The monoisotopic (exact) mass is 313 g/mol. The van der Waals surface area contributed by atoms with Gasteiger partial charge in [-0.15, -0.1) is 0 Å². The van der Waals surface area contributed by atoms with Crippen LogP contribution in [0, 0.1) is 21.4 Å². The van der Waals surface area contributed by atoms with Crippen molar-refractivity contribution in [3.63, 3.8) is 0 Å². The highest BCUT2D eigenvalue weighted by molar-refractivity contribution is 7.99. The minimum atomic E-state index is -0.437. The van der Waals surface area contributed by atoms with E-state index in [1.165, 1.54) is 23.9 Å². The molecule has 0 saturated heterocycles. The maximum atomic E-state index is 11.3. The maximum absolute atomic E-state index is 11.3. The molecule has 0 heterocycles. The normalized spacial score (nSPS) is 9.77. The van der Waals surface area contributed by atoms with E-state index in [4.69, 9.17) is 5.26 Å². The van der Waals surface area contributed by atoms with Crippen LogP contribution in [0.2, 0.25) is 0 Å². The molecule has 0 aliphatic carbocycles. The van der Waals surface area contributed by atoms with Crippen molar-refractivity contribution in [1.82, 2.24) is 0 Å². The SMILES string of the molecule is N#CCC(=O)Nc1ccc(Sc2ccc([N+](=O)[O-])cc2)cc1. The van der Waals surface area contributed by atoms with Crippen molar-refractivity contribution in [2.45, 2.75) is 16.2 Å². The Morgan fingerprint density at radius 1 is 1.14 bits per heavy atom. The van der Waals surface area contributed by atoms with Crippen LogP contribution in [0.25, 0.3) is 0 Å². The van der Waals surface area contributed by atoms with Gasteiger partial charge in [0.15, 0.2) is 0 Å². The Kier molecular flexibility index (Phi) is 5.11. The van der Waals surface area contributed by atoms with E-state index in [9.17, 15) is 14.9 Å². The second kappa shape index (κ2) is 7.24. The van der Waals surface area contributed by atoms with E-state index >= 15 is 0 Å². The number of nitro groups is 1. The Labute approximate surface area is 130 Å². The van der Waals surface area contributed by atoms with Crippen LogP contribution in [-0.2, 0) is 4.79 Å². The molecule has 0 spiro atoms. The topological polar surface area (TPSA) is 96.0 Å². The fraction of sp³-hybridized carbons (Fsp3) is 0.0667. The highest BCUT2D eigenvalue weighted by Gasteiger charge is 2.05. The predicted molar refractivity (Wildman–Crippen MR) is 82.5 cm³/mol. The number of carbonyl (C=O) groups is 1. The van der Waals surface area contributed by atoms with Gasteiger partial charge >= 0.3 is 0 Å². The van der Waals surface area contributed by atoms with Crippen molar-refractivity contribution in [2.75, 3.05) is 5.32 Å². The average Bonchev–Trinajstić information content (AvgIpc) is 2.50. The van der Waals surface area contributed by atoms with Gasteiger partial charge in [-0.3, -0.25) is 14.9 Å². The Morgan fingerprint density at radius 2 is 1.68 bits per heavy atom. The molecule has 2 aromatic carbocycles. The molecule has 0 fully saturated rings. The molecular weight excluding hydrogens is 302 g/mol. The Balaban J connectivity index is 2.00. The van der Waals surface area contributed by atoms with Crippen LogP contribution in [-0.4, -0.2) is 10.8 Å². The molecule has 2 rings (SSSR count). The number of anilines is 1. The first-order valence-electron chi connectivity index (χ1n) is 6.27. The summed E-state index contributed by atoms with van der Waals surface area (Å²) in [6.07, 6.45) is -0.181. The first-order chi connectivity index (χ1) is 10.6. The van der Waals surface area contributed by atoms with Crippen LogP contribution in [0.5, 0.6) is 0 Å². The highest BCUT2D eigenvalue weighted by atomic mass is 32.2. The maximum Gasteiger partial charge on any atom is 0.269 e. The molecule has 22 heavy (non-hydrogen) atoms.